The van der Waals surface area contributed by atoms with Crippen LogP contribution in [0.1, 0.15) is 5.56 Å². The zero-order valence-electron chi connectivity index (χ0n) is 7.88. The second-order valence-corrected chi connectivity index (χ2v) is 5.24. The Labute approximate surface area is 93.8 Å². The predicted octanol–water partition coefficient (Wildman–Crippen LogP) is -0.213. The van der Waals surface area contributed by atoms with Gasteiger partial charge in [0.2, 0.25) is 10.0 Å². The number of thiocarbonyl (C=S) groups is 1. The minimum atomic E-state index is -3.42. The van der Waals surface area contributed by atoms with Gasteiger partial charge in [-0.3, -0.25) is 4.98 Å². The average molecular weight is 245 g/mol. The Kier molecular flexibility index (Phi) is 4.13. The molecule has 0 saturated heterocycles. The Morgan fingerprint density at radius 2 is 2.33 bits per heavy atom. The molecule has 0 unspecified atom stereocenters. The first kappa shape index (κ1) is 12.0. The van der Waals surface area contributed by atoms with Gasteiger partial charge >= 0.3 is 0 Å². The fraction of sp³-hybridized carbons (Fsp3) is 0.250. The maximum Gasteiger partial charge on any atom is 0.218 e. The van der Waals surface area contributed by atoms with Crippen molar-refractivity contribution in [1.29, 1.82) is 0 Å². The highest BCUT2D eigenvalue weighted by Gasteiger charge is 2.10. The highest BCUT2D eigenvalue weighted by molar-refractivity contribution is 7.92. The van der Waals surface area contributed by atoms with Crippen LogP contribution < -0.4 is 10.5 Å². The number of nitrogens with two attached hydrogens (primary N) is 1. The number of hydrogen-bond acceptors (Lipinski definition) is 4. The third-order valence-electron chi connectivity index (χ3n) is 1.55. The molecule has 0 radical (unpaired) electrons. The second kappa shape index (κ2) is 5.15. The lowest BCUT2D eigenvalue weighted by Crippen LogP contribution is -2.31. The number of sulfonamides is 1. The van der Waals surface area contributed by atoms with E-state index in [0.717, 1.165) is 5.56 Å². The maximum absolute atomic E-state index is 11.3. The van der Waals surface area contributed by atoms with Crippen molar-refractivity contribution in [2.45, 2.75) is 6.54 Å². The molecule has 82 valence electrons. The molecule has 5 nitrogen and oxygen atoms in total. The summed E-state index contributed by atoms with van der Waals surface area (Å²) in [7, 11) is -3.42. The van der Waals surface area contributed by atoms with E-state index in [9.17, 15) is 8.42 Å². The molecule has 0 saturated carbocycles. The van der Waals surface area contributed by atoms with E-state index >= 15 is 0 Å². The minimum Gasteiger partial charge on any atom is -0.392 e. The van der Waals surface area contributed by atoms with E-state index in [2.05, 4.69) is 21.9 Å². The topological polar surface area (TPSA) is 85.1 Å². The Balaban J connectivity index is 2.54. The molecule has 0 spiro atoms. The van der Waals surface area contributed by atoms with Gasteiger partial charge in [-0.25, -0.2) is 13.1 Å². The van der Waals surface area contributed by atoms with Crippen molar-refractivity contribution in [3.8, 4) is 0 Å². The third kappa shape index (κ3) is 4.82. The van der Waals surface area contributed by atoms with Gasteiger partial charge in [-0.05, 0) is 11.6 Å². The van der Waals surface area contributed by atoms with Gasteiger partial charge in [-0.1, -0.05) is 18.3 Å². The van der Waals surface area contributed by atoms with E-state index in [4.69, 9.17) is 5.73 Å². The van der Waals surface area contributed by atoms with Crippen molar-refractivity contribution in [3.05, 3.63) is 30.1 Å². The van der Waals surface area contributed by atoms with Gasteiger partial charge in [0.1, 0.15) is 5.75 Å². The van der Waals surface area contributed by atoms with Crippen LogP contribution in [0.5, 0.6) is 0 Å². The maximum atomic E-state index is 11.3. The van der Waals surface area contributed by atoms with Crippen molar-refractivity contribution in [3.63, 3.8) is 0 Å². The molecule has 0 fully saturated rings. The predicted molar refractivity (Wildman–Crippen MR) is 61.6 cm³/mol. The summed E-state index contributed by atoms with van der Waals surface area (Å²) in [5.74, 6) is -0.331. The highest BCUT2D eigenvalue weighted by Crippen LogP contribution is 1.96. The number of rotatable bonds is 5. The van der Waals surface area contributed by atoms with E-state index < -0.39 is 10.0 Å². The average Bonchev–Trinajstić information content (AvgIpc) is 2.15. The number of pyridine rings is 1. The summed E-state index contributed by atoms with van der Waals surface area (Å²) < 4.78 is 25.0. The van der Waals surface area contributed by atoms with Crippen LogP contribution in [0, 0.1) is 0 Å². The van der Waals surface area contributed by atoms with Crippen molar-refractivity contribution < 1.29 is 8.42 Å². The summed E-state index contributed by atoms with van der Waals surface area (Å²) >= 11 is 4.52. The van der Waals surface area contributed by atoms with Gasteiger partial charge in [0.05, 0.1) is 4.99 Å². The monoisotopic (exact) mass is 245 g/mol. The second-order valence-electron chi connectivity index (χ2n) is 2.91. The lowest BCUT2D eigenvalue weighted by molar-refractivity contribution is 0.585. The van der Waals surface area contributed by atoms with E-state index in [1.807, 2.05) is 0 Å². The van der Waals surface area contributed by atoms with Crippen molar-refractivity contribution in [1.82, 2.24) is 9.71 Å². The minimum absolute atomic E-state index is 0.0475. The molecule has 1 rings (SSSR count). The standard InChI is InChI=1S/C8H11N3O2S2/c9-8(14)6-15(12,13)11-5-7-2-1-3-10-4-7/h1-4,11H,5-6H2,(H2,9,14). The summed E-state index contributed by atoms with van der Waals surface area (Å²) in [6.07, 6.45) is 3.20. The molecule has 0 aliphatic carbocycles. The zero-order chi connectivity index (χ0) is 11.3. The molecule has 0 bridgehead atoms. The molecule has 1 heterocycles. The smallest absolute Gasteiger partial charge is 0.218 e. The first-order valence-corrected chi connectivity index (χ1v) is 6.20. The van der Waals surface area contributed by atoms with Crippen LogP contribution in [0.3, 0.4) is 0 Å². The van der Waals surface area contributed by atoms with Crippen molar-refractivity contribution >= 4 is 27.2 Å². The fourth-order valence-electron chi connectivity index (χ4n) is 0.934. The SMILES string of the molecule is NC(=S)CS(=O)(=O)NCc1cccnc1. The molecule has 0 aliphatic rings. The molecule has 1 aromatic heterocycles. The fourth-order valence-corrected chi connectivity index (χ4v) is 2.26. The molecule has 0 aromatic carbocycles. The largest absolute Gasteiger partial charge is 0.392 e. The van der Waals surface area contributed by atoms with Gasteiger partial charge in [0.25, 0.3) is 0 Å². The van der Waals surface area contributed by atoms with Gasteiger partial charge in [0.15, 0.2) is 0 Å². The van der Waals surface area contributed by atoms with Crippen LogP contribution in [0.2, 0.25) is 0 Å². The van der Waals surface area contributed by atoms with E-state index in [-0.39, 0.29) is 17.3 Å². The Morgan fingerprint density at radius 3 is 2.87 bits per heavy atom. The van der Waals surface area contributed by atoms with E-state index in [0.29, 0.717) is 0 Å². The van der Waals surface area contributed by atoms with Crippen LogP contribution >= 0.6 is 12.2 Å². The Bertz CT molecular complexity index is 430. The van der Waals surface area contributed by atoms with Crippen LogP contribution in [0.25, 0.3) is 0 Å². The number of hydrogen-bond donors (Lipinski definition) is 2. The molecule has 0 amide bonds. The first-order chi connectivity index (χ1) is 6.99. The molecule has 15 heavy (non-hydrogen) atoms. The normalized spacial score (nSPS) is 11.2. The summed E-state index contributed by atoms with van der Waals surface area (Å²) in [4.78, 5) is 3.81. The third-order valence-corrected chi connectivity index (χ3v) is 3.15. The van der Waals surface area contributed by atoms with Crippen molar-refractivity contribution in [2.24, 2.45) is 5.73 Å². The first-order valence-electron chi connectivity index (χ1n) is 4.14. The highest BCUT2D eigenvalue weighted by atomic mass is 32.2. The van der Waals surface area contributed by atoms with Crippen LogP contribution in [0.4, 0.5) is 0 Å². The van der Waals surface area contributed by atoms with Crippen LogP contribution in [-0.2, 0) is 16.6 Å². The zero-order valence-corrected chi connectivity index (χ0v) is 9.51. The lowest BCUT2D eigenvalue weighted by Gasteiger charge is -2.04. The van der Waals surface area contributed by atoms with E-state index in [1.54, 1.807) is 24.5 Å². The van der Waals surface area contributed by atoms with Gasteiger partial charge in [-0.15, -0.1) is 0 Å². The molecule has 7 heteroatoms. The van der Waals surface area contributed by atoms with Gasteiger partial charge < -0.3 is 5.73 Å². The summed E-state index contributed by atoms with van der Waals surface area (Å²) in [6.45, 7) is 0.193. The Morgan fingerprint density at radius 1 is 1.60 bits per heavy atom. The van der Waals surface area contributed by atoms with E-state index in [1.165, 1.54) is 0 Å². The molecule has 0 atom stereocenters. The van der Waals surface area contributed by atoms with Gasteiger partial charge in [0, 0.05) is 18.9 Å². The lowest BCUT2D eigenvalue weighted by atomic mass is 10.3. The molecule has 0 aliphatic heterocycles. The van der Waals surface area contributed by atoms with Crippen LogP contribution in [0.15, 0.2) is 24.5 Å². The molecular weight excluding hydrogens is 234 g/mol. The summed E-state index contributed by atoms with van der Waals surface area (Å²) in [5.41, 5.74) is 5.93. The van der Waals surface area contributed by atoms with Gasteiger partial charge in [-0.2, -0.15) is 0 Å². The molecular formula is C8H11N3O2S2. The molecule has 1 aromatic rings. The summed E-state index contributed by atoms with van der Waals surface area (Å²) in [6, 6.07) is 3.51. The quantitative estimate of drug-likeness (QED) is 0.701. The number of nitrogens with zero attached hydrogens (tertiary/aromatic N) is 1. The van der Waals surface area contributed by atoms with Crippen molar-refractivity contribution in [2.75, 3.05) is 5.75 Å². The summed E-state index contributed by atoms with van der Waals surface area (Å²) in [5, 5.41) is 0. The molecule has 3 N–H and O–H groups in total. The van der Waals surface area contributed by atoms with Crippen LogP contribution in [-0.4, -0.2) is 24.1 Å². The number of nitrogens with one attached hydrogen (secondary N) is 1. The number of aromatic nitrogens is 1. The Hall–Kier alpha value is -1.05.